The highest BCUT2D eigenvalue weighted by Gasteiger charge is 2.71. The van der Waals surface area contributed by atoms with Crippen LogP contribution < -0.4 is 5.32 Å². The van der Waals surface area contributed by atoms with Crippen molar-refractivity contribution in [2.75, 3.05) is 17.6 Å². The number of rotatable bonds is 5. The molecule has 1 aliphatic heterocycles. The minimum Gasteiger partial charge on any atom is -0.444 e. The second-order valence-corrected chi connectivity index (χ2v) is 12.8. The van der Waals surface area contributed by atoms with Gasteiger partial charge in [-0.1, -0.05) is 19.1 Å². The van der Waals surface area contributed by atoms with E-state index >= 15 is 0 Å². The van der Waals surface area contributed by atoms with Crippen molar-refractivity contribution >= 4 is 27.5 Å². The molecule has 16 heteroatoms. The average molecular weight is 629 g/mol. The Balaban J connectivity index is 2.05. The Labute approximate surface area is 236 Å². The van der Waals surface area contributed by atoms with Gasteiger partial charge in [-0.25, -0.2) is 17.6 Å². The van der Waals surface area contributed by atoms with Crippen LogP contribution in [0.4, 0.5) is 41.2 Å². The fraction of sp³-hybridized carbons (Fsp3) is 0.462. The van der Waals surface area contributed by atoms with E-state index in [4.69, 9.17) is 4.74 Å². The first-order valence-corrected chi connectivity index (χ1v) is 14.0. The summed E-state index contributed by atoms with van der Waals surface area (Å²) in [7, 11) is -3.65. The van der Waals surface area contributed by atoms with Gasteiger partial charge in [0.15, 0.2) is 9.84 Å². The number of hydrogen-bond acceptors (Lipinski definition) is 6. The molecule has 0 saturated carbocycles. The van der Waals surface area contributed by atoms with Crippen molar-refractivity contribution in [3.8, 4) is 0 Å². The Hall–Kier alpha value is -3.40. The lowest BCUT2D eigenvalue weighted by molar-refractivity contribution is -0.376. The van der Waals surface area contributed by atoms with Gasteiger partial charge in [0.1, 0.15) is 17.5 Å². The molecule has 0 saturated heterocycles. The lowest BCUT2D eigenvalue weighted by Gasteiger charge is -2.37. The summed E-state index contributed by atoms with van der Waals surface area (Å²) >= 11 is 0. The molecule has 0 aliphatic carbocycles. The number of carbonyl (C=O) groups excluding carboxylic acids is 2. The van der Waals surface area contributed by atoms with Gasteiger partial charge in [-0.05, 0) is 62.6 Å². The fourth-order valence-electron chi connectivity index (χ4n) is 4.29. The number of hydrogen-bond donors (Lipinski definition) is 2. The molecule has 0 bridgehead atoms. The van der Waals surface area contributed by atoms with E-state index in [2.05, 4.69) is 5.32 Å². The summed E-state index contributed by atoms with van der Waals surface area (Å²) in [5.74, 6) is -3.08. The van der Waals surface area contributed by atoms with Gasteiger partial charge in [0.05, 0.1) is 16.3 Å². The minimum absolute atomic E-state index is 0.0444. The standard InChI is InChI=1S/C26H27F7N2O6S/c1-5-42(39,40)16-7-8-17-14(12-16)10-11-35(22(37)41-23(2,3)4)20(17)21(36)34-19-9-6-15(13-18(19)27)24(38,25(28,29)30)26(31,32)33/h6-9,12-13,20,38H,5,10-11H2,1-4H3,(H,34,36). The summed E-state index contributed by atoms with van der Waals surface area (Å²) in [6, 6.07) is 2.62. The second kappa shape index (κ2) is 11.0. The summed E-state index contributed by atoms with van der Waals surface area (Å²) in [4.78, 5) is 27.4. The number of carbonyl (C=O) groups is 2. The Morgan fingerprint density at radius 1 is 1.02 bits per heavy atom. The van der Waals surface area contributed by atoms with Gasteiger partial charge in [-0.3, -0.25) is 9.69 Å². The third-order valence-corrected chi connectivity index (χ3v) is 8.16. The monoisotopic (exact) mass is 628 g/mol. The zero-order valence-corrected chi connectivity index (χ0v) is 23.5. The van der Waals surface area contributed by atoms with Crippen LogP contribution in [0.1, 0.15) is 50.4 Å². The quantitative estimate of drug-likeness (QED) is 0.429. The van der Waals surface area contributed by atoms with Gasteiger partial charge in [0, 0.05) is 12.1 Å². The molecular formula is C26H27F7N2O6S. The number of aliphatic hydroxyl groups is 1. The largest absolute Gasteiger partial charge is 0.444 e. The van der Waals surface area contributed by atoms with E-state index in [0.29, 0.717) is 11.6 Å². The molecule has 8 nitrogen and oxygen atoms in total. The Bertz CT molecular complexity index is 1470. The predicted octanol–water partition coefficient (Wildman–Crippen LogP) is 5.40. The van der Waals surface area contributed by atoms with E-state index in [-0.39, 0.29) is 41.3 Å². The summed E-state index contributed by atoms with van der Waals surface area (Å²) < 4.78 is 124. The first-order valence-electron chi connectivity index (χ1n) is 12.4. The van der Waals surface area contributed by atoms with Crippen LogP contribution in [0.25, 0.3) is 0 Å². The van der Waals surface area contributed by atoms with Gasteiger partial charge >= 0.3 is 18.4 Å². The molecule has 2 N–H and O–H groups in total. The van der Waals surface area contributed by atoms with Gasteiger partial charge in [-0.2, -0.15) is 26.3 Å². The molecular weight excluding hydrogens is 601 g/mol. The predicted molar refractivity (Wildman–Crippen MR) is 135 cm³/mol. The Morgan fingerprint density at radius 3 is 2.12 bits per heavy atom. The first-order chi connectivity index (χ1) is 19.0. The lowest BCUT2D eigenvalue weighted by Crippen LogP contribution is -2.54. The van der Waals surface area contributed by atoms with E-state index in [1.165, 1.54) is 25.1 Å². The van der Waals surface area contributed by atoms with Crippen molar-refractivity contribution in [3.05, 3.63) is 58.9 Å². The molecule has 2 aromatic rings. The fourth-order valence-corrected chi connectivity index (χ4v) is 5.22. The third-order valence-electron chi connectivity index (χ3n) is 6.42. The molecule has 42 heavy (non-hydrogen) atoms. The average Bonchev–Trinajstić information content (AvgIpc) is 2.85. The second-order valence-electron chi connectivity index (χ2n) is 10.5. The van der Waals surface area contributed by atoms with E-state index in [0.717, 1.165) is 4.90 Å². The van der Waals surface area contributed by atoms with E-state index < -0.39 is 68.5 Å². The van der Waals surface area contributed by atoms with Gasteiger partial charge < -0.3 is 15.2 Å². The van der Waals surface area contributed by atoms with Gasteiger partial charge in [-0.15, -0.1) is 0 Å². The molecule has 0 aromatic heterocycles. The summed E-state index contributed by atoms with van der Waals surface area (Å²) in [6.07, 6.45) is -13.4. The van der Waals surface area contributed by atoms with Crippen LogP contribution in [0.5, 0.6) is 0 Å². The number of nitrogens with one attached hydrogen (secondary N) is 1. The van der Waals surface area contributed by atoms with E-state index in [1.54, 1.807) is 20.8 Å². The number of nitrogens with zero attached hydrogens (tertiary/aromatic N) is 1. The number of anilines is 1. The van der Waals surface area contributed by atoms with Crippen LogP contribution in [0.3, 0.4) is 0 Å². The molecule has 3 rings (SSSR count). The number of sulfone groups is 1. The minimum atomic E-state index is -6.26. The van der Waals surface area contributed by atoms with Gasteiger partial charge in [0.25, 0.3) is 11.5 Å². The molecule has 1 aliphatic rings. The summed E-state index contributed by atoms with van der Waals surface area (Å²) in [5, 5.41) is 11.6. The van der Waals surface area contributed by atoms with Crippen LogP contribution in [-0.2, 0) is 31.4 Å². The maximum Gasteiger partial charge on any atom is 0.430 e. The van der Waals surface area contributed by atoms with Gasteiger partial charge in [0.2, 0.25) is 0 Å². The number of halogens is 7. The molecule has 0 radical (unpaired) electrons. The van der Waals surface area contributed by atoms with Crippen LogP contribution in [-0.4, -0.2) is 60.7 Å². The highest BCUT2D eigenvalue weighted by molar-refractivity contribution is 7.91. The first kappa shape index (κ1) is 33.1. The van der Waals surface area contributed by atoms with Crippen LogP contribution in [0.2, 0.25) is 0 Å². The lowest BCUT2D eigenvalue weighted by atomic mass is 9.91. The zero-order chi connectivity index (χ0) is 32.1. The molecule has 2 amide bonds. The number of alkyl halides is 6. The molecule has 1 atom stereocenters. The molecule has 232 valence electrons. The topological polar surface area (TPSA) is 113 Å². The Kier molecular flexibility index (Phi) is 8.69. The number of benzene rings is 2. The normalized spacial score (nSPS) is 16.6. The highest BCUT2D eigenvalue weighted by Crippen LogP contribution is 2.50. The highest BCUT2D eigenvalue weighted by atomic mass is 32.2. The number of ether oxygens (including phenoxy) is 1. The Morgan fingerprint density at radius 2 is 1.62 bits per heavy atom. The molecule has 0 spiro atoms. The van der Waals surface area contributed by atoms with Crippen molar-refractivity contribution in [1.82, 2.24) is 4.90 Å². The van der Waals surface area contributed by atoms with Crippen LogP contribution >= 0.6 is 0 Å². The summed E-state index contributed by atoms with van der Waals surface area (Å²) in [5.41, 5.74) is -8.62. The molecule has 2 aromatic carbocycles. The molecule has 1 heterocycles. The van der Waals surface area contributed by atoms with Crippen molar-refractivity contribution in [3.63, 3.8) is 0 Å². The molecule has 1 unspecified atom stereocenters. The third kappa shape index (κ3) is 6.33. The molecule has 0 fully saturated rings. The van der Waals surface area contributed by atoms with Crippen LogP contribution in [0, 0.1) is 5.82 Å². The number of amides is 2. The SMILES string of the molecule is CCS(=O)(=O)c1ccc2c(c1)CCN(C(=O)OC(C)(C)C)C2C(=O)Nc1ccc(C(O)(C(F)(F)F)C(F)(F)F)cc1F. The number of fused-ring (bicyclic) bond motifs is 1. The zero-order valence-electron chi connectivity index (χ0n) is 22.7. The maximum absolute atomic E-state index is 14.8. The van der Waals surface area contributed by atoms with Crippen LogP contribution in [0.15, 0.2) is 41.3 Å². The van der Waals surface area contributed by atoms with E-state index in [1.807, 2.05) is 0 Å². The van der Waals surface area contributed by atoms with E-state index in [9.17, 15) is 53.8 Å². The van der Waals surface area contributed by atoms with Crippen molar-refractivity contribution in [1.29, 1.82) is 0 Å². The van der Waals surface area contributed by atoms with Crippen molar-refractivity contribution in [2.45, 2.75) is 68.6 Å². The van der Waals surface area contributed by atoms with Crippen molar-refractivity contribution in [2.24, 2.45) is 0 Å². The maximum atomic E-state index is 14.8. The smallest absolute Gasteiger partial charge is 0.430 e. The summed E-state index contributed by atoms with van der Waals surface area (Å²) in [6.45, 7) is 5.94. The van der Waals surface area contributed by atoms with Crippen molar-refractivity contribution < 1.29 is 58.6 Å².